The van der Waals surface area contributed by atoms with Gasteiger partial charge in [0.2, 0.25) is 5.91 Å². The predicted molar refractivity (Wildman–Crippen MR) is 129 cm³/mol. The van der Waals surface area contributed by atoms with Crippen molar-refractivity contribution < 1.29 is 14.3 Å². The number of nitrogens with zero attached hydrogens (tertiary/aromatic N) is 3. The number of fused-ring (bicyclic) bond motifs is 2. The van der Waals surface area contributed by atoms with Gasteiger partial charge < -0.3 is 10.1 Å². The third-order valence-electron chi connectivity index (χ3n) is 6.00. The summed E-state index contributed by atoms with van der Waals surface area (Å²) in [6.45, 7) is 1.92. The van der Waals surface area contributed by atoms with Crippen LogP contribution in [0.3, 0.4) is 0 Å². The third kappa shape index (κ3) is 3.91. The largest absolute Gasteiger partial charge is 0.465 e. The number of carbonyl (C=O) groups is 2. The van der Waals surface area contributed by atoms with Crippen molar-refractivity contribution in [2.24, 2.45) is 0 Å². The van der Waals surface area contributed by atoms with E-state index < -0.39 is 5.97 Å². The summed E-state index contributed by atoms with van der Waals surface area (Å²) in [5.41, 5.74) is 5.08. The second-order valence-corrected chi connectivity index (χ2v) is 9.23. The molecule has 0 saturated heterocycles. The standard InChI is InChI=1S/C25H24N4O3S/c1-15-21-17(16-8-4-3-5-9-16)12-13-26-23(21)29(28-15)14-20(30)27-24-22(25(31)32-2)18-10-6-7-11-19(18)33-24/h3-5,8-9,12-13H,6-7,10-11,14H2,1-2H3,(H,27,30). The minimum absolute atomic E-state index is 0.00123. The lowest BCUT2D eigenvalue weighted by Gasteiger charge is -2.11. The Morgan fingerprint density at radius 3 is 2.73 bits per heavy atom. The Morgan fingerprint density at radius 2 is 1.94 bits per heavy atom. The number of anilines is 1. The molecule has 1 aliphatic rings. The predicted octanol–water partition coefficient (Wildman–Crippen LogP) is 4.77. The Labute approximate surface area is 195 Å². The van der Waals surface area contributed by atoms with Crippen molar-refractivity contribution in [3.05, 3.63) is 64.3 Å². The molecule has 3 aromatic heterocycles. The molecule has 0 unspecified atom stereocenters. The number of hydrogen-bond donors (Lipinski definition) is 1. The highest BCUT2D eigenvalue weighted by atomic mass is 32.1. The molecule has 0 saturated carbocycles. The van der Waals surface area contributed by atoms with E-state index in [4.69, 9.17) is 4.74 Å². The Morgan fingerprint density at radius 1 is 1.15 bits per heavy atom. The van der Waals surface area contributed by atoms with Gasteiger partial charge in [-0.05, 0) is 55.4 Å². The van der Waals surface area contributed by atoms with Crippen LogP contribution in [-0.2, 0) is 28.9 Å². The van der Waals surface area contributed by atoms with Gasteiger partial charge in [0.25, 0.3) is 0 Å². The highest BCUT2D eigenvalue weighted by Gasteiger charge is 2.27. The highest BCUT2D eigenvalue weighted by Crippen LogP contribution is 2.38. The molecule has 0 spiro atoms. The zero-order valence-corrected chi connectivity index (χ0v) is 19.4. The van der Waals surface area contributed by atoms with Gasteiger partial charge in [-0.1, -0.05) is 30.3 Å². The summed E-state index contributed by atoms with van der Waals surface area (Å²) in [6.07, 6.45) is 5.63. The molecule has 0 atom stereocenters. The molecule has 1 aliphatic carbocycles. The minimum Gasteiger partial charge on any atom is -0.465 e. The lowest BCUT2D eigenvalue weighted by atomic mass is 9.95. The number of rotatable bonds is 5. The van der Waals surface area contributed by atoms with Crippen LogP contribution in [0.25, 0.3) is 22.2 Å². The first-order valence-corrected chi connectivity index (χ1v) is 11.8. The summed E-state index contributed by atoms with van der Waals surface area (Å²) in [4.78, 5) is 31.2. The van der Waals surface area contributed by atoms with E-state index in [1.54, 1.807) is 10.9 Å². The van der Waals surface area contributed by atoms with Crippen LogP contribution in [0.4, 0.5) is 5.00 Å². The van der Waals surface area contributed by atoms with Gasteiger partial charge >= 0.3 is 5.97 Å². The highest BCUT2D eigenvalue weighted by molar-refractivity contribution is 7.17. The number of thiophene rings is 1. The number of aromatic nitrogens is 3. The molecule has 0 fully saturated rings. The molecule has 0 aliphatic heterocycles. The molecule has 0 bridgehead atoms. The van der Waals surface area contributed by atoms with Crippen molar-refractivity contribution in [3.63, 3.8) is 0 Å². The number of pyridine rings is 1. The van der Waals surface area contributed by atoms with E-state index in [-0.39, 0.29) is 12.5 Å². The maximum atomic E-state index is 13.0. The average Bonchev–Trinajstić information content (AvgIpc) is 3.36. The first-order valence-electron chi connectivity index (χ1n) is 11.0. The molecule has 1 amide bonds. The number of esters is 1. The quantitative estimate of drug-likeness (QED) is 0.434. The van der Waals surface area contributed by atoms with E-state index in [9.17, 15) is 9.59 Å². The van der Waals surface area contributed by atoms with Gasteiger partial charge in [-0.2, -0.15) is 5.10 Å². The molecule has 5 rings (SSSR count). The Bertz CT molecular complexity index is 1360. The van der Waals surface area contributed by atoms with Crippen molar-refractivity contribution in [1.29, 1.82) is 0 Å². The summed E-state index contributed by atoms with van der Waals surface area (Å²) in [7, 11) is 1.37. The zero-order chi connectivity index (χ0) is 22.9. The normalized spacial score (nSPS) is 13.0. The molecule has 1 N–H and O–H groups in total. The SMILES string of the molecule is COC(=O)c1c(NC(=O)Cn2nc(C)c3c(-c4ccccc4)ccnc32)sc2c1CCCC2. The van der Waals surface area contributed by atoms with E-state index >= 15 is 0 Å². The molecule has 0 radical (unpaired) electrons. The van der Waals surface area contributed by atoms with E-state index in [2.05, 4.69) is 15.4 Å². The summed E-state index contributed by atoms with van der Waals surface area (Å²) in [5.74, 6) is -0.658. The van der Waals surface area contributed by atoms with Gasteiger partial charge in [0.05, 0.1) is 18.4 Å². The smallest absolute Gasteiger partial charge is 0.341 e. The van der Waals surface area contributed by atoms with Crippen LogP contribution in [-0.4, -0.2) is 33.8 Å². The van der Waals surface area contributed by atoms with Crippen molar-refractivity contribution >= 4 is 39.2 Å². The molecule has 1 aromatic carbocycles. The van der Waals surface area contributed by atoms with Gasteiger partial charge in [-0.25, -0.2) is 14.5 Å². The lowest BCUT2D eigenvalue weighted by molar-refractivity contribution is -0.116. The number of amides is 1. The van der Waals surface area contributed by atoms with Gasteiger partial charge in [0.1, 0.15) is 11.5 Å². The second-order valence-electron chi connectivity index (χ2n) is 8.12. The number of hydrogen-bond acceptors (Lipinski definition) is 6. The van der Waals surface area contributed by atoms with E-state index in [0.717, 1.165) is 58.3 Å². The number of benzene rings is 1. The molecule has 3 heterocycles. The van der Waals surface area contributed by atoms with Crippen LogP contribution in [0.1, 0.15) is 39.3 Å². The molecule has 33 heavy (non-hydrogen) atoms. The van der Waals surface area contributed by atoms with Crippen LogP contribution in [0, 0.1) is 6.92 Å². The minimum atomic E-state index is -0.403. The summed E-state index contributed by atoms with van der Waals surface area (Å²) in [5, 5.41) is 9.03. The average molecular weight is 461 g/mol. The van der Waals surface area contributed by atoms with E-state index in [1.165, 1.54) is 18.4 Å². The molecular weight excluding hydrogens is 436 g/mol. The molecular formula is C25H24N4O3S. The maximum absolute atomic E-state index is 13.0. The van der Waals surface area contributed by atoms with E-state index in [0.29, 0.717) is 16.2 Å². The van der Waals surface area contributed by atoms with Gasteiger partial charge in [0.15, 0.2) is 5.65 Å². The van der Waals surface area contributed by atoms with Crippen molar-refractivity contribution in [1.82, 2.24) is 14.8 Å². The number of aryl methyl sites for hydroxylation is 2. The number of methoxy groups -OCH3 is 1. The fourth-order valence-electron chi connectivity index (χ4n) is 4.52. The van der Waals surface area contributed by atoms with Crippen molar-refractivity contribution in [3.8, 4) is 11.1 Å². The Balaban J connectivity index is 1.45. The molecule has 4 aromatic rings. The fourth-order valence-corrected chi connectivity index (χ4v) is 5.82. The fraction of sp³-hybridized carbons (Fsp3) is 0.280. The number of carbonyl (C=O) groups excluding carboxylic acids is 2. The summed E-state index contributed by atoms with van der Waals surface area (Å²) < 4.78 is 6.63. The molecule has 7 nitrogen and oxygen atoms in total. The van der Waals surface area contributed by atoms with Crippen LogP contribution in [0.2, 0.25) is 0 Å². The van der Waals surface area contributed by atoms with Crippen molar-refractivity contribution in [2.75, 3.05) is 12.4 Å². The van der Waals surface area contributed by atoms with Crippen molar-refractivity contribution in [2.45, 2.75) is 39.2 Å². The van der Waals surface area contributed by atoms with Crippen LogP contribution in [0.5, 0.6) is 0 Å². The zero-order valence-electron chi connectivity index (χ0n) is 18.6. The van der Waals surface area contributed by atoms with Gasteiger partial charge in [0, 0.05) is 16.5 Å². The summed E-state index contributed by atoms with van der Waals surface area (Å²) >= 11 is 1.48. The van der Waals surface area contributed by atoms with E-state index in [1.807, 2.05) is 43.3 Å². The number of nitrogens with one attached hydrogen (secondary N) is 1. The van der Waals surface area contributed by atoms with Gasteiger partial charge in [-0.3, -0.25) is 4.79 Å². The van der Waals surface area contributed by atoms with Gasteiger partial charge in [-0.15, -0.1) is 11.3 Å². The molecule has 168 valence electrons. The maximum Gasteiger partial charge on any atom is 0.341 e. The topological polar surface area (TPSA) is 86.1 Å². The van der Waals surface area contributed by atoms with Crippen LogP contribution < -0.4 is 5.32 Å². The monoisotopic (exact) mass is 460 g/mol. The lowest BCUT2D eigenvalue weighted by Crippen LogP contribution is -2.21. The van der Waals surface area contributed by atoms with Crippen LogP contribution >= 0.6 is 11.3 Å². The Kier molecular flexibility index (Phi) is 5.68. The third-order valence-corrected chi connectivity index (χ3v) is 7.21. The first-order chi connectivity index (χ1) is 16.1. The Hall–Kier alpha value is -3.52. The number of ether oxygens (including phenoxy) is 1. The second kappa shape index (κ2) is 8.78. The summed E-state index contributed by atoms with van der Waals surface area (Å²) in [6, 6.07) is 12.0. The van der Waals surface area contributed by atoms with Crippen LogP contribution in [0.15, 0.2) is 42.6 Å². The molecule has 8 heteroatoms. The first kappa shape index (κ1) is 21.3.